The lowest BCUT2D eigenvalue weighted by Gasteiger charge is -2.29. The van der Waals surface area contributed by atoms with Crippen molar-refractivity contribution < 1.29 is 67.6 Å². The van der Waals surface area contributed by atoms with Crippen molar-refractivity contribution in [3.8, 4) is 11.5 Å². The third-order valence-corrected chi connectivity index (χ3v) is 6.19. The fourth-order valence-electron chi connectivity index (χ4n) is 4.04. The zero-order valence-electron chi connectivity index (χ0n) is 23.8. The molecule has 1 aliphatic rings. The topological polar surface area (TPSA) is 46.2 Å². The SMILES string of the molecule is C/C=C/CCOCC1COC(/C(C)=C/C=C(\CF)c2cc(F)c(C(F)(F)Oc3cc(F)c(OC(F)(F)F)c(F)c3)c(F)c2)OC1. The second-order valence-electron chi connectivity index (χ2n) is 9.73. The molecule has 0 aliphatic carbocycles. The zero-order chi connectivity index (χ0) is 33.4. The molecular formula is C30H28F10O5. The van der Waals surface area contributed by atoms with Gasteiger partial charge in [-0.15, -0.1) is 13.2 Å². The van der Waals surface area contributed by atoms with Gasteiger partial charge in [-0.25, -0.2) is 22.0 Å². The first-order valence-electron chi connectivity index (χ1n) is 13.3. The van der Waals surface area contributed by atoms with Crippen LogP contribution in [0.3, 0.4) is 0 Å². The summed E-state index contributed by atoms with van der Waals surface area (Å²) in [6, 6.07) is 0.586. The first kappa shape index (κ1) is 35.9. The van der Waals surface area contributed by atoms with Gasteiger partial charge in [0.1, 0.15) is 29.6 Å². The van der Waals surface area contributed by atoms with E-state index in [-0.39, 0.29) is 23.6 Å². The summed E-state index contributed by atoms with van der Waals surface area (Å²) < 4.78 is 162. The van der Waals surface area contributed by atoms with Crippen molar-refractivity contribution in [2.24, 2.45) is 5.92 Å². The van der Waals surface area contributed by atoms with Gasteiger partial charge in [0, 0.05) is 18.1 Å². The molecule has 1 fully saturated rings. The lowest BCUT2D eigenvalue weighted by molar-refractivity contribution is -0.276. The number of rotatable bonds is 13. The molecule has 0 N–H and O–H groups in total. The second-order valence-corrected chi connectivity index (χ2v) is 9.73. The maximum Gasteiger partial charge on any atom is 0.573 e. The van der Waals surface area contributed by atoms with Crippen molar-refractivity contribution in [3.05, 3.63) is 88.5 Å². The largest absolute Gasteiger partial charge is 0.573 e. The quantitative estimate of drug-likeness (QED) is 0.0935. The number of hydrogen-bond acceptors (Lipinski definition) is 5. The van der Waals surface area contributed by atoms with Crippen LogP contribution in [0.2, 0.25) is 0 Å². The van der Waals surface area contributed by atoms with Gasteiger partial charge in [0.2, 0.25) is 5.75 Å². The molecule has 3 rings (SSSR count). The molecule has 0 spiro atoms. The highest BCUT2D eigenvalue weighted by atomic mass is 19.4. The Morgan fingerprint density at radius 1 is 0.889 bits per heavy atom. The van der Waals surface area contributed by atoms with E-state index >= 15 is 0 Å². The molecule has 45 heavy (non-hydrogen) atoms. The van der Waals surface area contributed by atoms with Crippen LogP contribution in [-0.4, -0.2) is 45.8 Å². The Morgan fingerprint density at radius 2 is 1.49 bits per heavy atom. The van der Waals surface area contributed by atoms with Crippen LogP contribution < -0.4 is 9.47 Å². The summed E-state index contributed by atoms with van der Waals surface area (Å²) in [7, 11) is 0. The van der Waals surface area contributed by atoms with Crippen molar-refractivity contribution in [2.75, 3.05) is 33.1 Å². The van der Waals surface area contributed by atoms with Crippen molar-refractivity contribution in [2.45, 2.75) is 39.0 Å². The monoisotopic (exact) mass is 658 g/mol. The van der Waals surface area contributed by atoms with E-state index in [1.54, 1.807) is 6.92 Å². The molecule has 15 heteroatoms. The maximum atomic E-state index is 14.8. The lowest BCUT2D eigenvalue weighted by atomic mass is 10.0. The molecule has 0 radical (unpaired) electrons. The highest BCUT2D eigenvalue weighted by Crippen LogP contribution is 2.39. The van der Waals surface area contributed by atoms with Crippen LogP contribution in [0.25, 0.3) is 5.57 Å². The molecule has 0 aromatic heterocycles. The van der Waals surface area contributed by atoms with Crippen LogP contribution in [0.1, 0.15) is 31.4 Å². The van der Waals surface area contributed by atoms with E-state index < -0.39 is 71.3 Å². The van der Waals surface area contributed by atoms with Gasteiger partial charge in [-0.2, -0.15) is 8.78 Å². The number of ether oxygens (including phenoxy) is 5. The fourth-order valence-corrected chi connectivity index (χ4v) is 4.04. The van der Waals surface area contributed by atoms with Gasteiger partial charge in [-0.1, -0.05) is 24.3 Å². The van der Waals surface area contributed by atoms with Crippen LogP contribution >= 0.6 is 0 Å². The van der Waals surface area contributed by atoms with E-state index in [0.29, 0.717) is 44.1 Å². The predicted octanol–water partition coefficient (Wildman–Crippen LogP) is 8.54. The molecule has 5 nitrogen and oxygen atoms in total. The average Bonchev–Trinajstić information content (AvgIpc) is 2.94. The summed E-state index contributed by atoms with van der Waals surface area (Å²) in [6.45, 7) is 3.84. The molecule has 0 unspecified atom stereocenters. The summed E-state index contributed by atoms with van der Waals surface area (Å²) in [6.07, 6.45) is -4.05. The summed E-state index contributed by atoms with van der Waals surface area (Å²) in [5, 5.41) is 0. The van der Waals surface area contributed by atoms with Crippen LogP contribution in [0.4, 0.5) is 43.9 Å². The van der Waals surface area contributed by atoms with E-state index in [0.717, 1.165) is 12.5 Å². The molecule has 2 aromatic rings. The Hall–Kier alpha value is -3.56. The molecule has 2 aromatic carbocycles. The summed E-state index contributed by atoms with van der Waals surface area (Å²) in [5.74, 6) is -11.4. The Bertz CT molecular complexity index is 1350. The van der Waals surface area contributed by atoms with Crippen molar-refractivity contribution in [1.82, 2.24) is 0 Å². The molecular weight excluding hydrogens is 630 g/mol. The number of alkyl halides is 6. The summed E-state index contributed by atoms with van der Waals surface area (Å²) in [5.41, 5.74) is -2.30. The van der Waals surface area contributed by atoms with Gasteiger partial charge in [-0.3, -0.25) is 0 Å². The van der Waals surface area contributed by atoms with Crippen molar-refractivity contribution >= 4 is 5.57 Å². The molecule has 0 saturated carbocycles. The van der Waals surface area contributed by atoms with E-state index in [2.05, 4.69) is 9.47 Å². The fraction of sp³-hybridized carbons (Fsp3) is 0.400. The normalized spacial score (nSPS) is 18.5. The summed E-state index contributed by atoms with van der Waals surface area (Å²) >= 11 is 0. The average molecular weight is 659 g/mol. The second kappa shape index (κ2) is 15.6. The van der Waals surface area contributed by atoms with Crippen LogP contribution in [0, 0.1) is 29.2 Å². The van der Waals surface area contributed by atoms with Gasteiger partial charge >= 0.3 is 12.5 Å². The number of allylic oxidation sites excluding steroid dienone is 4. The van der Waals surface area contributed by atoms with Crippen LogP contribution in [0.5, 0.6) is 11.5 Å². The standard InChI is InChI=1S/C30H28F10O5/c1-3-4-5-8-41-14-18-15-42-28(43-16-18)17(2)6-7-19(13-31)20-9-22(32)26(23(33)10-20)29(36,37)44-21-11-24(34)27(25(35)12-21)45-30(38,39)40/h3-4,6-7,9-12,18,28H,5,8,13-16H2,1-2H3/b4-3+,17-6+,19-7+. The Labute approximate surface area is 251 Å². The van der Waals surface area contributed by atoms with Crippen molar-refractivity contribution in [1.29, 1.82) is 0 Å². The van der Waals surface area contributed by atoms with E-state index in [1.807, 2.05) is 19.1 Å². The van der Waals surface area contributed by atoms with E-state index in [4.69, 9.17) is 14.2 Å². The first-order chi connectivity index (χ1) is 21.1. The zero-order valence-corrected chi connectivity index (χ0v) is 23.8. The number of benzene rings is 2. The van der Waals surface area contributed by atoms with Crippen LogP contribution in [0.15, 0.2) is 54.1 Å². The van der Waals surface area contributed by atoms with Gasteiger partial charge in [0.25, 0.3) is 0 Å². The minimum Gasteiger partial charge on any atom is -0.429 e. The summed E-state index contributed by atoms with van der Waals surface area (Å²) in [4.78, 5) is 0. The highest BCUT2D eigenvalue weighted by Gasteiger charge is 2.42. The van der Waals surface area contributed by atoms with Crippen molar-refractivity contribution in [3.63, 3.8) is 0 Å². The van der Waals surface area contributed by atoms with Gasteiger partial charge < -0.3 is 23.7 Å². The molecule has 1 heterocycles. The third kappa shape index (κ3) is 10.2. The first-order valence-corrected chi connectivity index (χ1v) is 13.3. The van der Waals surface area contributed by atoms with Gasteiger partial charge in [0.05, 0.1) is 26.4 Å². The van der Waals surface area contributed by atoms with Gasteiger partial charge in [0.15, 0.2) is 17.9 Å². The smallest absolute Gasteiger partial charge is 0.429 e. The predicted molar refractivity (Wildman–Crippen MR) is 141 cm³/mol. The maximum absolute atomic E-state index is 14.8. The van der Waals surface area contributed by atoms with E-state index in [1.165, 1.54) is 6.08 Å². The third-order valence-electron chi connectivity index (χ3n) is 6.19. The van der Waals surface area contributed by atoms with Crippen LogP contribution in [-0.2, 0) is 20.3 Å². The molecule has 0 atom stereocenters. The molecule has 0 amide bonds. The lowest BCUT2D eigenvalue weighted by Crippen LogP contribution is -2.35. The van der Waals surface area contributed by atoms with Gasteiger partial charge in [-0.05, 0) is 49.1 Å². The van der Waals surface area contributed by atoms with E-state index in [9.17, 15) is 43.9 Å². The molecule has 0 bridgehead atoms. The molecule has 1 saturated heterocycles. The molecule has 1 aliphatic heterocycles. The number of halogens is 10. The number of hydrogen-bond donors (Lipinski definition) is 0. The highest BCUT2D eigenvalue weighted by molar-refractivity contribution is 5.68. The minimum absolute atomic E-state index is 0.0102. The minimum atomic E-state index is -5.51. The molecule has 248 valence electrons. The Balaban J connectivity index is 1.72. The Morgan fingerprint density at radius 3 is 2.02 bits per heavy atom. The Kier molecular flexibility index (Phi) is 12.5.